The van der Waals surface area contributed by atoms with Gasteiger partial charge < -0.3 is 36.8 Å². The molecule has 0 fully saturated rings. The summed E-state index contributed by atoms with van der Waals surface area (Å²) in [6.45, 7) is 3.89. The lowest BCUT2D eigenvalue weighted by Crippen LogP contribution is -2.58. The normalized spacial score (nSPS) is 14.3. The Balaban J connectivity index is 1.75. The van der Waals surface area contributed by atoms with Crippen LogP contribution in [0.3, 0.4) is 0 Å². The van der Waals surface area contributed by atoms with Crippen molar-refractivity contribution in [1.29, 1.82) is 0 Å². The molecule has 222 valence electrons. The topological polar surface area (TPSA) is 195 Å². The molecular formula is C28H39N7O5S. The molecule has 0 radical (unpaired) electrons. The number of fused-ring (bicyclic) bond motifs is 1. The Bertz CT molecular complexity index is 1310. The van der Waals surface area contributed by atoms with Gasteiger partial charge in [0.25, 0.3) is 0 Å². The lowest BCUT2D eigenvalue weighted by atomic mass is 10.0. The Kier molecular flexibility index (Phi) is 11.8. The lowest BCUT2D eigenvalue weighted by molar-refractivity contribution is -0.142. The van der Waals surface area contributed by atoms with Gasteiger partial charge in [-0.05, 0) is 42.4 Å². The number of aromatic amines is 2. The number of nitrogens with two attached hydrogens (primary N) is 1. The number of imidazole rings is 1. The maximum Gasteiger partial charge on any atom is 0.326 e. The van der Waals surface area contributed by atoms with Crippen molar-refractivity contribution in [2.75, 3.05) is 12.0 Å². The summed E-state index contributed by atoms with van der Waals surface area (Å²) in [5, 5.41) is 18.8. The highest BCUT2D eigenvalue weighted by Gasteiger charge is 2.31. The van der Waals surface area contributed by atoms with Crippen LogP contribution in [-0.4, -0.2) is 79.9 Å². The molecule has 2 heterocycles. The van der Waals surface area contributed by atoms with E-state index in [4.69, 9.17) is 5.73 Å². The molecule has 0 aliphatic heterocycles. The van der Waals surface area contributed by atoms with Gasteiger partial charge in [-0.1, -0.05) is 32.0 Å². The van der Waals surface area contributed by atoms with E-state index in [1.165, 1.54) is 18.1 Å². The monoisotopic (exact) mass is 585 g/mol. The van der Waals surface area contributed by atoms with Gasteiger partial charge in [-0.2, -0.15) is 11.8 Å². The fourth-order valence-electron chi connectivity index (χ4n) is 4.49. The van der Waals surface area contributed by atoms with E-state index in [1.807, 2.05) is 44.4 Å². The fourth-order valence-corrected chi connectivity index (χ4v) is 4.96. The molecule has 41 heavy (non-hydrogen) atoms. The van der Waals surface area contributed by atoms with E-state index in [-0.39, 0.29) is 25.2 Å². The Hall–Kier alpha value is -3.84. The number of hydrogen-bond acceptors (Lipinski definition) is 7. The number of carboxylic acid groups (broad SMARTS) is 1. The van der Waals surface area contributed by atoms with Gasteiger partial charge in [0.1, 0.15) is 18.1 Å². The molecule has 8 N–H and O–H groups in total. The number of benzene rings is 1. The van der Waals surface area contributed by atoms with E-state index >= 15 is 0 Å². The van der Waals surface area contributed by atoms with Crippen LogP contribution in [0.15, 0.2) is 43.0 Å². The predicted molar refractivity (Wildman–Crippen MR) is 158 cm³/mol. The summed E-state index contributed by atoms with van der Waals surface area (Å²) >= 11 is 1.49. The predicted octanol–water partition coefficient (Wildman–Crippen LogP) is 1.34. The third kappa shape index (κ3) is 9.35. The van der Waals surface area contributed by atoms with Gasteiger partial charge in [0.2, 0.25) is 17.7 Å². The molecule has 0 saturated carbocycles. The Morgan fingerprint density at radius 3 is 2.32 bits per heavy atom. The molecule has 0 saturated heterocycles. The zero-order valence-corrected chi connectivity index (χ0v) is 24.3. The number of thioether (sulfide) groups is 1. The number of amides is 3. The van der Waals surface area contributed by atoms with E-state index in [2.05, 4.69) is 30.9 Å². The highest BCUT2D eigenvalue weighted by molar-refractivity contribution is 7.98. The Morgan fingerprint density at radius 1 is 0.976 bits per heavy atom. The van der Waals surface area contributed by atoms with Crippen LogP contribution in [0.1, 0.15) is 37.9 Å². The molecule has 0 bridgehead atoms. The van der Waals surface area contributed by atoms with Crippen molar-refractivity contribution >= 4 is 46.4 Å². The van der Waals surface area contributed by atoms with Crippen LogP contribution in [-0.2, 0) is 32.0 Å². The summed E-state index contributed by atoms with van der Waals surface area (Å²) in [7, 11) is 0. The van der Waals surface area contributed by atoms with Crippen LogP contribution < -0.4 is 21.7 Å². The van der Waals surface area contributed by atoms with Crippen molar-refractivity contribution in [2.45, 2.75) is 63.7 Å². The number of rotatable bonds is 16. The standard InChI is InChI=1S/C28H39N7O5S/c1-16(2)10-20(29)25(36)34-23(12-18-14-30-15-32-18)27(38)33-22(8-9-41-3)26(37)35-24(28(39)40)11-17-13-31-21-7-5-4-6-19(17)21/h4-7,13-16,20,22-24,31H,8-12,29H2,1-3H3,(H,30,32)(H,33,38)(H,34,36)(H,35,37)(H,39,40). The number of nitrogens with zero attached hydrogens (tertiary/aromatic N) is 1. The molecule has 4 atom stereocenters. The summed E-state index contributed by atoms with van der Waals surface area (Å²) in [6.07, 6.45) is 7.46. The first-order valence-electron chi connectivity index (χ1n) is 13.5. The number of carbonyl (C=O) groups excluding carboxylic acids is 3. The van der Waals surface area contributed by atoms with E-state index in [9.17, 15) is 24.3 Å². The van der Waals surface area contributed by atoms with Crippen LogP contribution in [0, 0.1) is 5.92 Å². The number of para-hydroxylation sites is 1. The maximum absolute atomic E-state index is 13.4. The third-order valence-electron chi connectivity index (χ3n) is 6.63. The average molecular weight is 586 g/mol. The summed E-state index contributed by atoms with van der Waals surface area (Å²) in [4.78, 5) is 61.7. The van der Waals surface area contributed by atoms with Crippen molar-refractivity contribution in [3.05, 3.63) is 54.2 Å². The number of carboxylic acids is 1. The highest BCUT2D eigenvalue weighted by Crippen LogP contribution is 2.19. The van der Waals surface area contributed by atoms with Gasteiger partial charge in [-0.15, -0.1) is 0 Å². The smallest absolute Gasteiger partial charge is 0.326 e. The van der Waals surface area contributed by atoms with E-state index in [0.717, 1.165) is 16.5 Å². The zero-order valence-electron chi connectivity index (χ0n) is 23.5. The molecule has 3 rings (SSSR count). The molecular weight excluding hydrogens is 546 g/mol. The minimum atomic E-state index is -1.22. The summed E-state index contributed by atoms with van der Waals surface area (Å²) in [6, 6.07) is 3.42. The molecule has 12 nitrogen and oxygen atoms in total. The van der Waals surface area contributed by atoms with E-state index in [1.54, 1.807) is 12.4 Å². The second-order valence-electron chi connectivity index (χ2n) is 10.4. The number of aromatic nitrogens is 3. The first kappa shape index (κ1) is 31.7. The van der Waals surface area contributed by atoms with Crippen molar-refractivity contribution < 1.29 is 24.3 Å². The summed E-state index contributed by atoms with van der Waals surface area (Å²) in [5.41, 5.74) is 8.26. The van der Waals surface area contributed by atoms with E-state index < -0.39 is 47.9 Å². The zero-order chi connectivity index (χ0) is 29.9. The van der Waals surface area contributed by atoms with Crippen LogP contribution in [0.2, 0.25) is 0 Å². The van der Waals surface area contributed by atoms with Gasteiger partial charge in [-0.3, -0.25) is 14.4 Å². The van der Waals surface area contributed by atoms with E-state index in [0.29, 0.717) is 17.9 Å². The molecule has 0 aliphatic rings. The van der Waals surface area contributed by atoms with Crippen molar-refractivity contribution in [3.8, 4) is 0 Å². The largest absolute Gasteiger partial charge is 0.480 e. The number of hydrogen-bond donors (Lipinski definition) is 7. The van der Waals surface area contributed by atoms with Crippen LogP contribution in [0.25, 0.3) is 10.9 Å². The highest BCUT2D eigenvalue weighted by atomic mass is 32.2. The van der Waals surface area contributed by atoms with Gasteiger partial charge in [0.05, 0.1) is 12.4 Å². The van der Waals surface area contributed by atoms with Crippen LogP contribution in [0.5, 0.6) is 0 Å². The van der Waals surface area contributed by atoms with Gasteiger partial charge in [0, 0.05) is 41.8 Å². The second kappa shape index (κ2) is 15.2. The maximum atomic E-state index is 13.4. The second-order valence-corrected chi connectivity index (χ2v) is 11.4. The van der Waals surface area contributed by atoms with Gasteiger partial charge in [0.15, 0.2) is 0 Å². The summed E-state index contributed by atoms with van der Waals surface area (Å²) in [5.74, 6) is -2.16. The molecule has 3 aromatic rings. The quantitative estimate of drug-likeness (QED) is 0.131. The first-order valence-corrected chi connectivity index (χ1v) is 14.9. The van der Waals surface area contributed by atoms with Gasteiger partial charge in [-0.25, -0.2) is 9.78 Å². The van der Waals surface area contributed by atoms with Crippen molar-refractivity contribution in [1.82, 2.24) is 30.9 Å². The average Bonchev–Trinajstić information content (AvgIpc) is 3.59. The molecule has 0 spiro atoms. The number of nitrogens with one attached hydrogen (secondary N) is 5. The van der Waals surface area contributed by atoms with Crippen LogP contribution >= 0.6 is 11.8 Å². The van der Waals surface area contributed by atoms with Crippen LogP contribution in [0.4, 0.5) is 0 Å². The number of H-pyrrole nitrogens is 2. The minimum absolute atomic E-state index is 0.0561. The lowest BCUT2D eigenvalue weighted by Gasteiger charge is -2.25. The Morgan fingerprint density at radius 2 is 1.66 bits per heavy atom. The van der Waals surface area contributed by atoms with Gasteiger partial charge >= 0.3 is 5.97 Å². The number of aliphatic carboxylic acids is 1. The molecule has 2 aromatic heterocycles. The summed E-state index contributed by atoms with van der Waals surface area (Å²) < 4.78 is 0. The molecule has 3 amide bonds. The third-order valence-corrected chi connectivity index (χ3v) is 7.28. The minimum Gasteiger partial charge on any atom is -0.480 e. The first-order chi connectivity index (χ1) is 19.6. The van der Waals surface area contributed by atoms with Crippen molar-refractivity contribution in [3.63, 3.8) is 0 Å². The Labute approximate surface area is 243 Å². The molecule has 13 heteroatoms. The SMILES string of the molecule is CSCCC(NC(=O)C(Cc1cnc[nH]1)NC(=O)C(N)CC(C)C)C(=O)NC(Cc1c[nH]c2ccccc12)C(=O)O. The molecule has 1 aromatic carbocycles. The molecule has 4 unspecified atom stereocenters. The molecule has 0 aliphatic carbocycles. The number of carbonyl (C=O) groups is 4. The fraction of sp³-hybridized carbons (Fsp3) is 0.464. The van der Waals surface area contributed by atoms with Crippen molar-refractivity contribution in [2.24, 2.45) is 11.7 Å².